The van der Waals surface area contributed by atoms with Gasteiger partial charge in [-0.3, -0.25) is 4.79 Å². The molecule has 0 aliphatic carbocycles. The molecule has 1 unspecified atom stereocenters. The maximum absolute atomic E-state index is 12.2. The average molecular weight is 313 g/mol. The van der Waals surface area contributed by atoms with E-state index in [0.717, 1.165) is 0 Å². The van der Waals surface area contributed by atoms with Gasteiger partial charge in [0, 0.05) is 0 Å². The lowest BCUT2D eigenvalue weighted by atomic mass is 9.88. The fourth-order valence-electron chi connectivity index (χ4n) is 1.77. The van der Waals surface area contributed by atoms with Crippen molar-refractivity contribution < 1.29 is 23.4 Å². The summed E-state index contributed by atoms with van der Waals surface area (Å²) in [5.74, 6) is -2.42. The Kier molecular flexibility index (Phi) is 5.38. The quantitative estimate of drug-likeness (QED) is 0.875. The Hall–Kier alpha value is -1.07. The minimum atomic E-state index is -3.05. The fourth-order valence-corrected chi connectivity index (χ4v) is 2.37. The number of benzene rings is 1. The summed E-state index contributed by atoms with van der Waals surface area (Å²) in [6.07, 6.45) is 0. The fraction of sp³-hybridized carbons (Fsp3) is 0.417. The number of carbonyl (C=O) groups is 1. The van der Waals surface area contributed by atoms with E-state index in [9.17, 15) is 13.6 Å². The van der Waals surface area contributed by atoms with E-state index < -0.39 is 18.5 Å². The zero-order valence-corrected chi connectivity index (χ0v) is 11.7. The van der Waals surface area contributed by atoms with E-state index >= 15 is 0 Å². The number of aliphatic carboxylic acids is 1. The molecule has 19 heavy (non-hydrogen) atoms. The molecular weight excluding hydrogens is 301 g/mol. The molecule has 1 atom stereocenters. The van der Waals surface area contributed by atoms with Crippen molar-refractivity contribution in [3.05, 3.63) is 27.7 Å². The summed E-state index contributed by atoms with van der Waals surface area (Å²) in [5, 5.41) is 8.87. The lowest BCUT2D eigenvalue weighted by molar-refractivity contribution is -0.139. The first kappa shape index (κ1) is 16.0. The third kappa shape index (κ3) is 3.94. The van der Waals surface area contributed by atoms with Gasteiger partial charge in [0.2, 0.25) is 0 Å². The summed E-state index contributed by atoms with van der Waals surface area (Å²) >= 11 is 11.6. The third-order valence-corrected chi connectivity index (χ3v) is 3.08. The van der Waals surface area contributed by atoms with Crippen LogP contribution in [-0.4, -0.2) is 17.7 Å². The van der Waals surface area contributed by atoms with Crippen molar-refractivity contribution in [2.24, 2.45) is 5.92 Å². The summed E-state index contributed by atoms with van der Waals surface area (Å²) in [7, 11) is 0. The molecule has 0 bridgehead atoms. The van der Waals surface area contributed by atoms with Crippen LogP contribution in [0.25, 0.3) is 0 Å². The molecule has 1 N–H and O–H groups in total. The van der Waals surface area contributed by atoms with Crippen LogP contribution in [0, 0.1) is 5.92 Å². The second kappa shape index (κ2) is 6.39. The zero-order chi connectivity index (χ0) is 14.7. The van der Waals surface area contributed by atoms with Gasteiger partial charge in [0.25, 0.3) is 0 Å². The van der Waals surface area contributed by atoms with Gasteiger partial charge in [-0.2, -0.15) is 8.78 Å². The summed E-state index contributed by atoms with van der Waals surface area (Å²) in [6, 6.07) is 2.56. The summed E-state index contributed by atoms with van der Waals surface area (Å²) in [6.45, 7) is 0.398. The molecule has 0 spiro atoms. The van der Waals surface area contributed by atoms with Crippen molar-refractivity contribution in [1.82, 2.24) is 0 Å². The van der Waals surface area contributed by atoms with Gasteiger partial charge >= 0.3 is 12.6 Å². The second-order valence-corrected chi connectivity index (χ2v) is 5.07. The predicted octanol–water partition coefficient (Wildman–Crippen LogP) is 4.42. The Labute approximate surface area is 119 Å². The van der Waals surface area contributed by atoms with Crippen LogP contribution in [0.4, 0.5) is 8.78 Å². The van der Waals surface area contributed by atoms with Crippen LogP contribution in [0.1, 0.15) is 25.3 Å². The van der Waals surface area contributed by atoms with E-state index in [4.69, 9.17) is 28.3 Å². The number of hydrogen-bond donors (Lipinski definition) is 1. The number of alkyl halides is 2. The molecule has 0 radical (unpaired) electrons. The van der Waals surface area contributed by atoms with Gasteiger partial charge in [0.1, 0.15) is 0 Å². The zero-order valence-electron chi connectivity index (χ0n) is 10.2. The molecule has 106 valence electrons. The van der Waals surface area contributed by atoms with Crippen molar-refractivity contribution in [2.75, 3.05) is 0 Å². The highest BCUT2D eigenvalue weighted by molar-refractivity contribution is 6.37. The molecule has 0 saturated carbocycles. The monoisotopic (exact) mass is 312 g/mol. The number of hydrogen-bond acceptors (Lipinski definition) is 2. The lowest BCUT2D eigenvalue weighted by Crippen LogP contribution is -2.17. The molecule has 0 amide bonds. The van der Waals surface area contributed by atoms with Crippen molar-refractivity contribution >= 4 is 29.2 Å². The first-order chi connectivity index (χ1) is 8.73. The predicted molar refractivity (Wildman–Crippen MR) is 68.3 cm³/mol. The van der Waals surface area contributed by atoms with Crippen LogP contribution in [0.2, 0.25) is 10.0 Å². The van der Waals surface area contributed by atoms with Gasteiger partial charge in [-0.1, -0.05) is 37.0 Å². The molecule has 0 aliphatic rings. The average Bonchev–Trinajstić information content (AvgIpc) is 2.22. The van der Waals surface area contributed by atoms with Gasteiger partial charge in [0.15, 0.2) is 5.75 Å². The third-order valence-electron chi connectivity index (χ3n) is 2.52. The van der Waals surface area contributed by atoms with Crippen LogP contribution in [0.3, 0.4) is 0 Å². The Bertz CT molecular complexity index is 455. The molecule has 0 aromatic heterocycles. The smallest absolute Gasteiger partial charge is 0.387 e. The van der Waals surface area contributed by atoms with E-state index in [1.807, 2.05) is 0 Å². The Morgan fingerprint density at radius 2 is 1.74 bits per heavy atom. The van der Waals surface area contributed by atoms with Gasteiger partial charge in [0.05, 0.1) is 16.0 Å². The van der Waals surface area contributed by atoms with E-state index in [1.165, 1.54) is 12.1 Å². The number of carboxylic acid groups (broad SMARTS) is 1. The molecular formula is C12H12Cl2F2O3. The number of ether oxygens (including phenoxy) is 1. The van der Waals surface area contributed by atoms with E-state index in [0.29, 0.717) is 5.56 Å². The van der Waals surface area contributed by atoms with Crippen molar-refractivity contribution in [3.63, 3.8) is 0 Å². The normalized spacial score (nSPS) is 12.8. The van der Waals surface area contributed by atoms with Crippen LogP contribution in [0.5, 0.6) is 5.75 Å². The van der Waals surface area contributed by atoms with Crippen LogP contribution in [0.15, 0.2) is 12.1 Å². The molecule has 3 nitrogen and oxygen atoms in total. The lowest BCUT2D eigenvalue weighted by Gasteiger charge is -2.18. The topological polar surface area (TPSA) is 46.5 Å². The summed E-state index contributed by atoms with van der Waals surface area (Å²) < 4.78 is 28.5. The van der Waals surface area contributed by atoms with E-state index in [2.05, 4.69) is 4.74 Å². The summed E-state index contributed by atoms with van der Waals surface area (Å²) in [5.41, 5.74) is 0.346. The Balaban J connectivity index is 3.23. The number of halogens is 4. The molecule has 0 saturated heterocycles. The highest BCUT2D eigenvalue weighted by atomic mass is 35.5. The molecule has 0 fully saturated rings. The van der Waals surface area contributed by atoms with E-state index in [1.54, 1.807) is 13.8 Å². The molecule has 1 rings (SSSR count). The molecule has 7 heteroatoms. The number of carboxylic acids is 1. The summed E-state index contributed by atoms with van der Waals surface area (Å²) in [4.78, 5) is 11.2. The Morgan fingerprint density at radius 1 is 1.26 bits per heavy atom. The minimum absolute atomic E-state index is 0.144. The SMILES string of the molecule is CC(C)C(C(=O)O)c1cc(Cl)c(OC(F)F)c(Cl)c1. The molecule has 1 aromatic rings. The first-order valence-electron chi connectivity index (χ1n) is 5.40. The maximum atomic E-state index is 12.2. The molecule has 0 aliphatic heterocycles. The highest BCUT2D eigenvalue weighted by Crippen LogP contribution is 2.38. The maximum Gasteiger partial charge on any atom is 0.387 e. The molecule has 0 heterocycles. The van der Waals surface area contributed by atoms with Crippen LogP contribution in [-0.2, 0) is 4.79 Å². The van der Waals surface area contributed by atoms with Gasteiger partial charge < -0.3 is 9.84 Å². The highest BCUT2D eigenvalue weighted by Gasteiger charge is 2.26. The van der Waals surface area contributed by atoms with Crippen molar-refractivity contribution in [1.29, 1.82) is 0 Å². The first-order valence-corrected chi connectivity index (χ1v) is 6.16. The minimum Gasteiger partial charge on any atom is -0.481 e. The largest absolute Gasteiger partial charge is 0.481 e. The van der Waals surface area contributed by atoms with Crippen LogP contribution >= 0.6 is 23.2 Å². The van der Waals surface area contributed by atoms with Crippen molar-refractivity contribution in [2.45, 2.75) is 26.4 Å². The van der Waals surface area contributed by atoms with Gasteiger partial charge in [-0.15, -0.1) is 0 Å². The van der Waals surface area contributed by atoms with Crippen LogP contribution < -0.4 is 4.74 Å². The second-order valence-electron chi connectivity index (χ2n) is 4.25. The standard InChI is InChI=1S/C12H12Cl2F2O3/c1-5(2)9(11(17)18)6-3-7(13)10(8(14)4-6)19-12(15)16/h3-5,9,12H,1-2H3,(H,17,18). The van der Waals surface area contributed by atoms with Gasteiger partial charge in [-0.25, -0.2) is 0 Å². The molecule has 1 aromatic carbocycles. The van der Waals surface area contributed by atoms with Crippen molar-refractivity contribution in [3.8, 4) is 5.75 Å². The van der Waals surface area contributed by atoms with E-state index in [-0.39, 0.29) is 21.7 Å². The Morgan fingerprint density at radius 3 is 2.05 bits per heavy atom. The van der Waals surface area contributed by atoms with Gasteiger partial charge in [-0.05, 0) is 23.6 Å². The number of rotatable bonds is 5.